The molecule has 0 aliphatic heterocycles. The maximum absolute atomic E-state index is 10.2. The van der Waals surface area contributed by atoms with Crippen LogP contribution < -0.4 is 5.32 Å². The molecule has 0 saturated carbocycles. The summed E-state index contributed by atoms with van der Waals surface area (Å²) >= 11 is 1.68. The average molecular weight is 213 g/mol. The van der Waals surface area contributed by atoms with Crippen molar-refractivity contribution in [1.29, 1.82) is 0 Å². The molecule has 0 bridgehead atoms. The van der Waals surface area contributed by atoms with Crippen LogP contribution in [0.2, 0.25) is 0 Å². The molecule has 1 rings (SSSR count). The molecule has 1 aromatic rings. The number of carbonyl (C=O) groups is 1. The number of thiophene rings is 1. The van der Waals surface area contributed by atoms with Gasteiger partial charge in [0.15, 0.2) is 0 Å². The summed E-state index contributed by atoms with van der Waals surface area (Å²) in [7, 11) is 0. The zero-order chi connectivity index (χ0) is 10.4. The van der Waals surface area contributed by atoms with E-state index in [4.69, 9.17) is 5.11 Å². The third-order valence-electron chi connectivity index (χ3n) is 2.06. The predicted molar refractivity (Wildman–Crippen MR) is 57.6 cm³/mol. The quantitative estimate of drug-likeness (QED) is 0.713. The average Bonchev–Trinajstić information content (AvgIpc) is 2.64. The van der Waals surface area contributed by atoms with Crippen LogP contribution in [0.25, 0.3) is 0 Å². The van der Waals surface area contributed by atoms with E-state index in [1.54, 1.807) is 11.3 Å². The van der Waals surface area contributed by atoms with Crippen molar-refractivity contribution in [2.75, 3.05) is 6.54 Å². The monoisotopic (exact) mass is 213 g/mol. The summed E-state index contributed by atoms with van der Waals surface area (Å²) in [6.45, 7) is 2.84. The Kier molecular flexibility index (Phi) is 4.62. The van der Waals surface area contributed by atoms with Crippen LogP contribution in [-0.4, -0.2) is 17.6 Å². The third-order valence-corrected chi connectivity index (χ3v) is 2.76. The standard InChI is InChI=1S/C10H15NO2S/c1-8(9-4-6-14-7-9)11-5-2-3-10(12)13/h4,6-8,11H,2-3,5H2,1H3,(H,12,13). The van der Waals surface area contributed by atoms with Crippen molar-refractivity contribution in [2.45, 2.75) is 25.8 Å². The lowest BCUT2D eigenvalue weighted by molar-refractivity contribution is -0.137. The second-order valence-corrected chi connectivity index (χ2v) is 4.01. The van der Waals surface area contributed by atoms with Gasteiger partial charge >= 0.3 is 5.97 Å². The van der Waals surface area contributed by atoms with Crippen molar-refractivity contribution in [3.63, 3.8) is 0 Å². The molecule has 0 saturated heterocycles. The lowest BCUT2D eigenvalue weighted by Gasteiger charge is -2.11. The summed E-state index contributed by atoms with van der Waals surface area (Å²) in [5.41, 5.74) is 1.27. The maximum Gasteiger partial charge on any atom is 0.303 e. The van der Waals surface area contributed by atoms with Crippen LogP contribution in [0, 0.1) is 0 Å². The maximum atomic E-state index is 10.2. The zero-order valence-corrected chi connectivity index (χ0v) is 9.01. The predicted octanol–water partition coefficient (Wildman–Crippen LogP) is 2.26. The highest BCUT2D eigenvalue weighted by molar-refractivity contribution is 7.07. The van der Waals surface area contributed by atoms with Crippen molar-refractivity contribution < 1.29 is 9.90 Å². The first-order valence-corrected chi connectivity index (χ1v) is 5.61. The van der Waals surface area contributed by atoms with Gasteiger partial charge in [-0.2, -0.15) is 11.3 Å². The van der Waals surface area contributed by atoms with Crippen LogP contribution in [0.5, 0.6) is 0 Å². The van der Waals surface area contributed by atoms with Crippen LogP contribution in [0.4, 0.5) is 0 Å². The van der Waals surface area contributed by atoms with E-state index in [1.165, 1.54) is 5.56 Å². The third kappa shape index (κ3) is 3.89. The van der Waals surface area contributed by atoms with Gasteiger partial charge in [-0.1, -0.05) is 0 Å². The molecular formula is C10H15NO2S. The Morgan fingerprint density at radius 2 is 2.50 bits per heavy atom. The Balaban J connectivity index is 2.16. The molecule has 78 valence electrons. The van der Waals surface area contributed by atoms with Crippen LogP contribution in [0.1, 0.15) is 31.4 Å². The molecule has 2 N–H and O–H groups in total. The molecule has 14 heavy (non-hydrogen) atoms. The lowest BCUT2D eigenvalue weighted by atomic mass is 10.2. The Bertz CT molecular complexity index is 272. The topological polar surface area (TPSA) is 49.3 Å². The van der Waals surface area contributed by atoms with E-state index in [-0.39, 0.29) is 6.42 Å². The molecule has 3 nitrogen and oxygen atoms in total. The largest absolute Gasteiger partial charge is 0.481 e. The van der Waals surface area contributed by atoms with Crippen LogP contribution in [0.15, 0.2) is 16.8 Å². The Morgan fingerprint density at radius 1 is 1.71 bits per heavy atom. The smallest absolute Gasteiger partial charge is 0.303 e. The molecule has 4 heteroatoms. The van der Waals surface area contributed by atoms with Gasteiger partial charge in [0.2, 0.25) is 0 Å². The van der Waals surface area contributed by atoms with Gasteiger partial charge in [0.05, 0.1) is 0 Å². The normalized spacial score (nSPS) is 12.6. The molecule has 1 heterocycles. The van der Waals surface area contributed by atoms with E-state index in [0.717, 1.165) is 6.54 Å². The second-order valence-electron chi connectivity index (χ2n) is 3.23. The lowest BCUT2D eigenvalue weighted by Crippen LogP contribution is -2.19. The summed E-state index contributed by atoms with van der Waals surface area (Å²) < 4.78 is 0. The van der Waals surface area contributed by atoms with Gasteiger partial charge in [-0.05, 0) is 42.3 Å². The van der Waals surface area contributed by atoms with Crippen molar-refractivity contribution in [1.82, 2.24) is 5.32 Å². The van der Waals surface area contributed by atoms with Crippen molar-refractivity contribution in [2.24, 2.45) is 0 Å². The fourth-order valence-corrected chi connectivity index (χ4v) is 1.95. The SMILES string of the molecule is CC(NCCCC(=O)O)c1ccsc1. The first kappa shape index (κ1) is 11.2. The van der Waals surface area contributed by atoms with Gasteiger partial charge in [-0.3, -0.25) is 4.79 Å². The summed E-state index contributed by atoms with van der Waals surface area (Å²) in [5.74, 6) is -0.727. The van der Waals surface area contributed by atoms with E-state index in [1.807, 2.05) is 5.38 Å². The van der Waals surface area contributed by atoms with Crippen molar-refractivity contribution >= 4 is 17.3 Å². The van der Waals surface area contributed by atoms with E-state index >= 15 is 0 Å². The van der Waals surface area contributed by atoms with Gasteiger partial charge < -0.3 is 10.4 Å². The highest BCUT2D eigenvalue weighted by Crippen LogP contribution is 2.15. The summed E-state index contributed by atoms with van der Waals surface area (Å²) in [6, 6.07) is 2.40. The van der Waals surface area contributed by atoms with Gasteiger partial charge in [-0.25, -0.2) is 0 Å². The molecule has 1 aromatic heterocycles. The van der Waals surface area contributed by atoms with E-state index in [2.05, 4.69) is 23.7 Å². The van der Waals surface area contributed by atoms with Gasteiger partial charge in [0.1, 0.15) is 0 Å². The minimum atomic E-state index is -0.727. The van der Waals surface area contributed by atoms with Crippen LogP contribution in [-0.2, 0) is 4.79 Å². The van der Waals surface area contributed by atoms with Gasteiger partial charge in [0.25, 0.3) is 0 Å². The minimum absolute atomic E-state index is 0.239. The molecule has 0 radical (unpaired) electrons. The van der Waals surface area contributed by atoms with Gasteiger partial charge in [-0.15, -0.1) is 0 Å². The molecule has 0 aromatic carbocycles. The highest BCUT2D eigenvalue weighted by Gasteiger charge is 2.04. The van der Waals surface area contributed by atoms with E-state index < -0.39 is 5.97 Å². The van der Waals surface area contributed by atoms with Gasteiger partial charge in [0, 0.05) is 12.5 Å². The molecule has 0 amide bonds. The fraction of sp³-hybridized carbons (Fsp3) is 0.500. The summed E-state index contributed by atoms with van der Waals surface area (Å²) in [6.07, 6.45) is 0.924. The van der Waals surface area contributed by atoms with Crippen molar-refractivity contribution in [3.8, 4) is 0 Å². The number of carboxylic acids is 1. The molecule has 0 aliphatic carbocycles. The van der Waals surface area contributed by atoms with Crippen LogP contribution in [0.3, 0.4) is 0 Å². The zero-order valence-electron chi connectivity index (χ0n) is 8.19. The molecule has 1 atom stereocenters. The number of hydrogen-bond acceptors (Lipinski definition) is 3. The summed E-state index contributed by atoms with van der Waals surface area (Å²) in [4.78, 5) is 10.2. The minimum Gasteiger partial charge on any atom is -0.481 e. The summed E-state index contributed by atoms with van der Waals surface area (Å²) in [5, 5.41) is 15.9. The molecule has 0 fully saturated rings. The second kappa shape index (κ2) is 5.78. The first-order valence-electron chi connectivity index (χ1n) is 4.67. The number of nitrogens with one attached hydrogen (secondary N) is 1. The number of aliphatic carboxylic acids is 1. The fourth-order valence-electron chi connectivity index (χ4n) is 1.20. The molecule has 0 spiro atoms. The number of hydrogen-bond donors (Lipinski definition) is 2. The number of carboxylic acid groups (broad SMARTS) is 1. The molecule has 1 unspecified atom stereocenters. The Morgan fingerprint density at radius 3 is 3.07 bits per heavy atom. The highest BCUT2D eigenvalue weighted by atomic mass is 32.1. The van der Waals surface area contributed by atoms with Crippen molar-refractivity contribution in [3.05, 3.63) is 22.4 Å². The van der Waals surface area contributed by atoms with Crippen LogP contribution >= 0.6 is 11.3 Å². The first-order chi connectivity index (χ1) is 6.70. The molecular weight excluding hydrogens is 198 g/mol. The Labute approximate surface area is 87.8 Å². The Hall–Kier alpha value is -0.870. The van der Waals surface area contributed by atoms with E-state index in [9.17, 15) is 4.79 Å². The van der Waals surface area contributed by atoms with E-state index in [0.29, 0.717) is 12.5 Å². The number of rotatable bonds is 6. The molecule has 0 aliphatic rings.